The summed E-state index contributed by atoms with van der Waals surface area (Å²) in [4.78, 5) is 4.31. The van der Waals surface area contributed by atoms with Crippen molar-refractivity contribution in [1.29, 1.82) is 0 Å². The van der Waals surface area contributed by atoms with Gasteiger partial charge in [-0.05, 0) is 12.3 Å². The van der Waals surface area contributed by atoms with E-state index in [-0.39, 0.29) is 5.41 Å². The molecule has 1 rings (SSSR count). The Kier molecular flexibility index (Phi) is 5.37. The lowest BCUT2D eigenvalue weighted by atomic mass is 9.81. The minimum Gasteiger partial charge on any atom is -0.250 e. The highest BCUT2D eigenvalue weighted by molar-refractivity contribution is 7.09. The standard InChI is InChI=1S/C11H17Cl2NS/c1-9(2)5-11(7-12,8-13)6-10-14-3-4-15-10/h3-4,9H,5-8H2,1-2H3. The number of hydrogen-bond acceptors (Lipinski definition) is 2. The fraction of sp³-hybridized carbons (Fsp3) is 0.727. The lowest BCUT2D eigenvalue weighted by Gasteiger charge is -2.30. The third kappa shape index (κ3) is 3.93. The molecule has 0 fully saturated rings. The number of rotatable bonds is 6. The molecule has 0 bridgehead atoms. The molecule has 0 saturated carbocycles. The van der Waals surface area contributed by atoms with Crippen molar-refractivity contribution in [2.45, 2.75) is 26.7 Å². The zero-order chi connectivity index (χ0) is 11.3. The first-order valence-electron chi connectivity index (χ1n) is 5.12. The van der Waals surface area contributed by atoms with Gasteiger partial charge in [0.25, 0.3) is 0 Å². The van der Waals surface area contributed by atoms with E-state index >= 15 is 0 Å². The second-order valence-electron chi connectivity index (χ2n) is 4.47. The summed E-state index contributed by atoms with van der Waals surface area (Å²) in [7, 11) is 0. The highest BCUT2D eigenvalue weighted by Crippen LogP contribution is 2.34. The maximum atomic E-state index is 6.08. The quantitative estimate of drug-likeness (QED) is 0.703. The molecule has 0 saturated heterocycles. The second kappa shape index (κ2) is 6.07. The lowest BCUT2D eigenvalue weighted by Crippen LogP contribution is -2.29. The van der Waals surface area contributed by atoms with Crippen LogP contribution in [0.25, 0.3) is 0 Å². The Bertz CT molecular complexity index is 268. The topological polar surface area (TPSA) is 12.9 Å². The van der Waals surface area contributed by atoms with Crippen molar-refractivity contribution in [3.63, 3.8) is 0 Å². The second-order valence-corrected chi connectivity index (χ2v) is 5.98. The van der Waals surface area contributed by atoms with Crippen molar-refractivity contribution in [2.24, 2.45) is 11.3 Å². The van der Waals surface area contributed by atoms with E-state index in [9.17, 15) is 0 Å². The van der Waals surface area contributed by atoms with Gasteiger partial charge >= 0.3 is 0 Å². The maximum Gasteiger partial charge on any atom is 0.0931 e. The molecule has 86 valence electrons. The SMILES string of the molecule is CC(C)CC(CCl)(CCl)Cc1nccs1. The number of thiazole rings is 1. The first-order valence-corrected chi connectivity index (χ1v) is 7.07. The van der Waals surface area contributed by atoms with E-state index in [1.165, 1.54) is 0 Å². The summed E-state index contributed by atoms with van der Waals surface area (Å²) in [6.45, 7) is 4.41. The van der Waals surface area contributed by atoms with E-state index in [1.54, 1.807) is 11.3 Å². The van der Waals surface area contributed by atoms with Crippen LogP contribution in [-0.2, 0) is 6.42 Å². The van der Waals surface area contributed by atoms with Gasteiger partial charge in [0.15, 0.2) is 0 Å². The monoisotopic (exact) mass is 265 g/mol. The summed E-state index contributed by atoms with van der Waals surface area (Å²) >= 11 is 13.8. The molecule has 0 N–H and O–H groups in total. The first-order chi connectivity index (χ1) is 7.12. The van der Waals surface area contributed by atoms with Gasteiger partial charge in [-0.25, -0.2) is 4.98 Å². The maximum absolute atomic E-state index is 6.08. The normalized spacial score (nSPS) is 12.3. The fourth-order valence-corrected chi connectivity index (χ4v) is 3.32. The molecular weight excluding hydrogens is 249 g/mol. The van der Waals surface area contributed by atoms with Crippen LogP contribution in [0.4, 0.5) is 0 Å². The molecule has 1 heterocycles. The summed E-state index contributed by atoms with van der Waals surface area (Å²) in [6.07, 6.45) is 3.79. The van der Waals surface area contributed by atoms with Gasteiger partial charge in [0.1, 0.15) is 0 Å². The van der Waals surface area contributed by atoms with Gasteiger partial charge in [-0.15, -0.1) is 34.5 Å². The van der Waals surface area contributed by atoms with Crippen molar-refractivity contribution in [3.05, 3.63) is 16.6 Å². The number of aromatic nitrogens is 1. The van der Waals surface area contributed by atoms with Crippen LogP contribution in [0.2, 0.25) is 0 Å². The molecule has 0 aliphatic heterocycles. The number of alkyl halides is 2. The van der Waals surface area contributed by atoms with E-state index in [0.717, 1.165) is 17.8 Å². The van der Waals surface area contributed by atoms with E-state index in [2.05, 4.69) is 18.8 Å². The van der Waals surface area contributed by atoms with Crippen LogP contribution in [0, 0.1) is 11.3 Å². The molecule has 4 heteroatoms. The average Bonchev–Trinajstić information content (AvgIpc) is 2.68. The molecule has 0 radical (unpaired) electrons. The predicted molar refractivity (Wildman–Crippen MR) is 69.1 cm³/mol. The van der Waals surface area contributed by atoms with Crippen LogP contribution in [0.1, 0.15) is 25.3 Å². The highest BCUT2D eigenvalue weighted by Gasteiger charge is 2.30. The number of hydrogen-bond donors (Lipinski definition) is 0. The van der Waals surface area contributed by atoms with Gasteiger partial charge in [0.05, 0.1) is 5.01 Å². The van der Waals surface area contributed by atoms with Crippen molar-refractivity contribution in [2.75, 3.05) is 11.8 Å². The van der Waals surface area contributed by atoms with E-state index in [1.807, 2.05) is 11.6 Å². The number of halogens is 2. The van der Waals surface area contributed by atoms with Crippen LogP contribution < -0.4 is 0 Å². The summed E-state index contributed by atoms with van der Waals surface area (Å²) < 4.78 is 0. The molecule has 1 aromatic rings. The Morgan fingerprint density at radius 2 is 2.07 bits per heavy atom. The van der Waals surface area contributed by atoms with Crippen LogP contribution in [-0.4, -0.2) is 16.7 Å². The van der Waals surface area contributed by atoms with Crippen LogP contribution >= 0.6 is 34.5 Å². The van der Waals surface area contributed by atoms with Crippen LogP contribution in [0.3, 0.4) is 0 Å². The first kappa shape index (κ1) is 13.3. The van der Waals surface area contributed by atoms with Gasteiger partial charge in [0.2, 0.25) is 0 Å². The minimum atomic E-state index is 0.00906. The number of nitrogens with zero attached hydrogens (tertiary/aromatic N) is 1. The third-order valence-electron chi connectivity index (χ3n) is 2.42. The van der Waals surface area contributed by atoms with Gasteiger partial charge in [-0.1, -0.05) is 13.8 Å². The molecule has 0 aliphatic carbocycles. The average molecular weight is 266 g/mol. The molecule has 0 unspecified atom stereocenters. The van der Waals surface area contributed by atoms with Gasteiger partial charge in [-0.3, -0.25) is 0 Å². The van der Waals surface area contributed by atoms with Crippen molar-refractivity contribution in [3.8, 4) is 0 Å². The predicted octanol–water partition coefficient (Wildman–Crippen LogP) is 4.20. The van der Waals surface area contributed by atoms with Crippen LogP contribution in [0.5, 0.6) is 0 Å². The Morgan fingerprint density at radius 1 is 1.40 bits per heavy atom. The summed E-state index contributed by atoms with van der Waals surface area (Å²) in [5.41, 5.74) is 0.00906. The lowest BCUT2D eigenvalue weighted by molar-refractivity contribution is 0.295. The molecule has 0 amide bonds. The Morgan fingerprint density at radius 3 is 2.47 bits per heavy atom. The Balaban J connectivity index is 2.71. The van der Waals surface area contributed by atoms with E-state index in [4.69, 9.17) is 23.2 Å². The molecule has 1 nitrogen and oxygen atoms in total. The van der Waals surface area contributed by atoms with Gasteiger partial charge < -0.3 is 0 Å². The summed E-state index contributed by atoms with van der Waals surface area (Å²) in [6, 6.07) is 0. The third-order valence-corrected chi connectivity index (χ3v) is 4.33. The fourth-order valence-electron chi connectivity index (χ4n) is 1.84. The van der Waals surface area contributed by atoms with Gasteiger partial charge in [-0.2, -0.15) is 0 Å². The molecule has 0 spiro atoms. The van der Waals surface area contributed by atoms with Crippen LogP contribution in [0.15, 0.2) is 11.6 Å². The molecular formula is C11H17Cl2NS. The minimum absolute atomic E-state index is 0.00906. The van der Waals surface area contributed by atoms with Gasteiger partial charge in [0, 0.05) is 35.2 Å². The van der Waals surface area contributed by atoms with E-state index in [0.29, 0.717) is 17.7 Å². The Hall–Kier alpha value is 0.210. The largest absolute Gasteiger partial charge is 0.250 e. The molecule has 0 aromatic carbocycles. The molecule has 0 aliphatic rings. The zero-order valence-corrected chi connectivity index (χ0v) is 11.5. The van der Waals surface area contributed by atoms with Crippen molar-refractivity contribution < 1.29 is 0 Å². The van der Waals surface area contributed by atoms with Crippen molar-refractivity contribution >= 4 is 34.5 Å². The Labute approximate surface area is 106 Å². The summed E-state index contributed by atoms with van der Waals surface area (Å²) in [5, 5.41) is 3.13. The highest BCUT2D eigenvalue weighted by atomic mass is 35.5. The summed E-state index contributed by atoms with van der Waals surface area (Å²) in [5.74, 6) is 1.82. The van der Waals surface area contributed by atoms with E-state index < -0.39 is 0 Å². The smallest absolute Gasteiger partial charge is 0.0931 e. The molecule has 1 aromatic heterocycles. The molecule has 0 atom stereocenters. The zero-order valence-electron chi connectivity index (χ0n) is 9.17. The van der Waals surface area contributed by atoms with Crippen molar-refractivity contribution in [1.82, 2.24) is 4.98 Å². The molecule has 15 heavy (non-hydrogen) atoms.